The maximum atomic E-state index is 9.76. The summed E-state index contributed by atoms with van der Waals surface area (Å²) in [5, 5.41) is 9.76. The van der Waals surface area contributed by atoms with E-state index in [1.54, 1.807) is 0 Å². The van der Waals surface area contributed by atoms with Gasteiger partial charge in [0.15, 0.2) is 0 Å². The maximum Gasteiger partial charge on any atom is 0.116 e. The van der Waals surface area contributed by atoms with Crippen molar-refractivity contribution in [3.05, 3.63) is 35.4 Å². The largest absolute Gasteiger partial charge is 0.508 e. The van der Waals surface area contributed by atoms with E-state index in [9.17, 15) is 5.11 Å². The van der Waals surface area contributed by atoms with Crippen molar-refractivity contribution in [2.24, 2.45) is 23.2 Å². The van der Waals surface area contributed by atoms with E-state index in [0.29, 0.717) is 17.1 Å². The summed E-state index contributed by atoms with van der Waals surface area (Å²) in [7, 11) is 0. The van der Waals surface area contributed by atoms with Crippen LogP contribution in [0.1, 0.15) is 75.8 Å². The normalized spacial score (nSPS) is 38.0. The van der Waals surface area contributed by atoms with E-state index in [1.165, 1.54) is 56.1 Å². The van der Waals surface area contributed by atoms with Crippen LogP contribution in [0, 0.1) is 23.2 Å². The summed E-state index contributed by atoms with van der Waals surface area (Å²) >= 11 is 0. The number of unbranched alkanes of at least 4 members (excludes halogenated alkanes) is 1. The Morgan fingerprint density at radius 2 is 2.09 bits per heavy atom. The minimum Gasteiger partial charge on any atom is -0.508 e. The highest BCUT2D eigenvalue weighted by molar-refractivity contribution is 5.60. The number of benzene rings is 1. The van der Waals surface area contributed by atoms with Crippen LogP contribution in [-0.2, 0) is 0 Å². The van der Waals surface area contributed by atoms with Crippen molar-refractivity contribution in [1.82, 2.24) is 0 Å². The Balaban J connectivity index is 1.62. The molecule has 1 nitrogen and oxygen atoms in total. The molecule has 4 rings (SSSR count). The van der Waals surface area contributed by atoms with Gasteiger partial charge in [-0.3, -0.25) is 0 Å². The van der Waals surface area contributed by atoms with Gasteiger partial charge in [0.25, 0.3) is 0 Å². The van der Waals surface area contributed by atoms with Gasteiger partial charge in [-0.25, -0.2) is 0 Å². The average molecular weight is 310 g/mol. The zero-order chi connectivity index (χ0) is 16.0. The fourth-order valence-electron chi connectivity index (χ4n) is 6.12. The lowest BCUT2D eigenvalue weighted by Gasteiger charge is -2.49. The van der Waals surface area contributed by atoms with Gasteiger partial charge < -0.3 is 5.11 Å². The van der Waals surface area contributed by atoms with Crippen LogP contribution in [0.5, 0.6) is 5.75 Å². The van der Waals surface area contributed by atoms with E-state index in [-0.39, 0.29) is 0 Å². The molecular weight excluding hydrogens is 280 g/mol. The van der Waals surface area contributed by atoms with Crippen LogP contribution in [-0.4, -0.2) is 5.11 Å². The third-order valence-corrected chi connectivity index (χ3v) is 7.40. The second-order valence-corrected chi connectivity index (χ2v) is 8.42. The summed E-state index contributed by atoms with van der Waals surface area (Å²) in [6, 6.07) is 5.99. The first-order valence-corrected chi connectivity index (χ1v) is 9.64. The van der Waals surface area contributed by atoms with E-state index in [1.807, 2.05) is 12.1 Å². The first-order valence-electron chi connectivity index (χ1n) is 9.64. The number of aromatic hydroxyl groups is 1. The molecule has 1 heteroatoms. The zero-order valence-electron chi connectivity index (χ0n) is 14.6. The molecule has 0 spiro atoms. The lowest BCUT2D eigenvalue weighted by atomic mass is 9.55. The predicted octanol–water partition coefficient (Wildman–Crippen LogP) is 6.14. The van der Waals surface area contributed by atoms with Crippen molar-refractivity contribution in [3.8, 4) is 5.75 Å². The topological polar surface area (TPSA) is 20.2 Å². The molecule has 0 aromatic heterocycles. The van der Waals surface area contributed by atoms with E-state index in [2.05, 4.69) is 32.1 Å². The monoisotopic (exact) mass is 310 g/mol. The SMILES string of the molecule is CCCCC1CCC2C3C=Cc4cc(O)ccc4C3CCC12C. The zero-order valence-corrected chi connectivity index (χ0v) is 14.6. The first kappa shape index (κ1) is 15.3. The van der Waals surface area contributed by atoms with Gasteiger partial charge in [-0.1, -0.05) is 44.9 Å². The number of hydrogen-bond donors (Lipinski definition) is 1. The molecule has 0 aliphatic heterocycles. The second-order valence-electron chi connectivity index (χ2n) is 8.42. The van der Waals surface area contributed by atoms with Crippen LogP contribution in [0.3, 0.4) is 0 Å². The Labute approximate surface area is 140 Å². The van der Waals surface area contributed by atoms with Crippen LogP contribution in [0.25, 0.3) is 6.08 Å². The third-order valence-electron chi connectivity index (χ3n) is 7.40. The molecule has 0 bridgehead atoms. The van der Waals surface area contributed by atoms with Gasteiger partial charge in [0.05, 0.1) is 0 Å². The molecule has 1 N–H and O–H groups in total. The van der Waals surface area contributed by atoms with E-state index in [0.717, 1.165) is 17.8 Å². The Morgan fingerprint density at radius 3 is 2.91 bits per heavy atom. The molecule has 1 aromatic rings. The van der Waals surface area contributed by atoms with Gasteiger partial charge in [0.1, 0.15) is 5.75 Å². The summed E-state index contributed by atoms with van der Waals surface area (Å²) in [5.41, 5.74) is 3.29. The van der Waals surface area contributed by atoms with Crippen LogP contribution < -0.4 is 0 Å². The first-order chi connectivity index (χ1) is 11.1. The molecule has 124 valence electrons. The number of phenols is 1. The quantitative estimate of drug-likeness (QED) is 0.711. The molecule has 0 saturated heterocycles. The van der Waals surface area contributed by atoms with Crippen LogP contribution in [0.15, 0.2) is 24.3 Å². The standard InChI is InChI=1S/C22H30O/c1-3-4-5-16-7-11-21-20-9-6-15-14-17(23)8-10-18(15)19(20)12-13-22(16,21)2/h6,8-10,14,16,19-21,23H,3-5,7,11-13H2,1-2H3. The van der Waals surface area contributed by atoms with Crippen molar-refractivity contribution >= 4 is 6.08 Å². The average Bonchev–Trinajstić information content (AvgIpc) is 2.89. The maximum absolute atomic E-state index is 9.76. The molecule has 2 saturated carbocycles. The Kier molecular flexibility index (Phi) is 3.78. The molecule has 0 radical (unpaired) electrons. The van der Waals surface area contributed by atoms with Gasteiger partial charge in [0.2, 0.25) is 0 Å². The molecule has 5 atom stereocenters. The van der Waals surface area contributed by atoms with E-state index >= 15 is 0 Å². The van der Waals surface area contributed by atoms with Gasteiger partial charge in [-0.2, -0.15) is 0 Å². The van der Waals surface area contributed by atoms with Crippen molar-refractivity contribution in [2.45, 2.75) is 64.7 Å². The summed E-state index contributed by atoms with van der Waals surface area (Å²) < 4.78 is 0. The summed E-state index contributed by atoms with van der Waals surface area (Å²) in [6.07, 6.45) is 14.5. The molecule has 23 heavy (non-hydrogen) atoms. The smallest absolute Gasteiger partial charge is 0.116 e. The molecule has 5 unspecified atom stereocenters. The van der Waals surface area contributed by atoms with E-state index < -0.39 is 0 Å². The lowest BCUT2D eigenvalue weighted by Crippen LogP contribution is -2.40. The minimum atomic E-state index is 0.396. The number of hydrogen-bond acceptors (Lipinski definition) is 1. The Morgan fingerprint density at radius 1 is 1.22 bits per heavy atom. The molecule has 3 aliphatic rings. The fraction of sp³-hybridized carbons (Fsp3) is 0.636. The molecule has 3 aliphatic carbocycles. The number of phenolic OH excluding ortho intramolecular Hbond substituents is 1. The van der Waals surface area contributed by atoms with Gasteiger partial charge in [0, 0.05) is 0 Å². The van der Waals surface area contributed by atoms with Crippen molar-refractivity contribution < 1.29 is 5.11 Å². The second kappa shape index (κ2) is 5.69. The van der Waals surface area contributed by atoms with Gasteiger partial charge >= 0.3 is 0 Å². The van der Waals surface area contributed by atoms with E-state index in [4.69, 9.17) is 0 Å². The summed E-state index contributed by atoms with van der Waals surface area (Å²) in [6.45, 7) is 4.92. The minimum absolute atomic E-state index is 0.396. The predicted molar refractivity (Wildman–Crippen MR) is 96.5 cm³/mol. The summed E-state index contributed by atoms with van der Waals surface area (Å²) in [4.78, 5) is 0. The molecular formula is C22H30O. The highest BCUT2D eigenvalue weighted by Gasteiger charge is 2.53. The highest BCUT2D eigenvalue weighted by atomic mass is 16.3. The Hall–Kier alpha value is -1.24. The van der Waals surface area contributed by atoms with Crippen LogP contribution in [0.2, 0.25) is 0 Å². The fourth-order valence-corrected chi connectivity index (χ4v) is 6.12. The molecule has 0 heterocycles. The summed E-state index contributed by atoms with van der Waals surface area (Å²) in [5.74, 6) is 3.60. The molecule has 2 fully saturated rings. The van der Waals surface area contributed by atoms with Crippen LogP contribution >= 0.6 is 0 Å². The lowest BCUT2D eigenvalue weighted by molar-refractivity contribution is 0.0514. The number of fused-ring (bicyclic) bond motifs is 5. The van der Waals surface area contributed by atoms with Crippen molar-refractivity contribution in [1.29, 1.82) is 0 Å². The molecule has 0 amide bonds. The Bertz CT molecular complexity index is 616. The van der Waals surface area contributed by atoms with Crippen molar-refractivity contribution in [2.75, 3.05) is 0 Å². The van der Waals surface area contributed by atoms with Gasteiger partial charge in [-0.05, 0) is 84.5 Å². The van der Waals surface area contributed by atoms with Crippen molar-refractivity contribution in [3.63, 3.8) is 0 Å². The highest BCUT2D eigenvalue weighted by Crippen LogP contribution is 2.63. The number of rotatable bonds is 3. The van der Waals surface area contributed by atoms with Gasteiger partial charge in [-0.15, -0.1) is 0 Å². The molecule has 1 aromatic carbocycles. The number of allylic oxidation sites excluding steroid dienone is 1. The van der Waals surface area contributed by atoms with Crippen LogP contribution in [0.4, 0.5) is 0 Å². The third kappa shape index (κ3) is 2.35.